The van der Waals surface area contributed by atoms with Crippen molar-refractivity contribution < 1.29 is 23.8 Å². The Morgan fingerprint density at radius 2 is 1.97 bits per heavy atom. The summed E-state index contributed by atoms with van der Waals surface area (Å²) < 4.78 is 19.0. The molecule has 0 aliphatic rings. The number of ether oxygens (including phenoxy) is 1. The van der Waals surface area contributed by atoms with E-state index in [-0.39, 0.29) is 37.0 Å². The molecule has 0 bridgehead atoms. The Morgan fingerprint density at radius 3 is 2.74 bits per heavy atom. The summed E-state index contributed by atoms with van der Waals surface area (Å²) in [4.78, 5) is 30.8. The van der Waals surface area contributed by atoms with Crippen molar-refractivity contribution in [3.05, 3.63) is 71.1 Å². The van der Waals surface area contributed by atoms with Crippen LogP contribution in [0.3, 0.4) is 0 Å². The number of benzene rings is 2. The molecule has 3 rings (SSSR count). The molecule has 0 aliphatic heterocycles. The summed E-state index contributed by atoms with van der Waals surface area (Å²) in [6, 6.07) is 13.4. The predicted octanol–water partition coefficient (Wildman–Crippen LogP) is 3.62. The van der Waals surface area contributed by atoms with Gasteiger partial charge in [-0.05, 0) is 29.5 Å². The van der Waals surface area contributed by atoms with Gasteiger partial charge in [-0.2, -0.15) is 0 Å². The van der Waals surface area contributed by atoms with Crippen LogP contribution in [-0.2, 0) is 16.0 Å². The summed E-state index contributed by atoms with van der Waals surface area (Å²) in [5.41, 5.74) is 0.543. The van der Waals surface area contributed by atoms with Gasteiger partial charge in [-0.25, -0.2) is 14.2 Å². The number of rotatable bonds is 11. The van der Waals surface area contributed by atoms with Crippen LogP contribution in [0.25, 0.3) is 10.8 Å². The van der Waals surface area contributed by atoms with E-state index in [2.05, 4.69) is 15.6 Å². The minimum Gasteiger partial charge on any atom is -0.447 e. The highest BCUT2D eigenvalue weighted by atomic mass is 35.5. The van der Waals surface area contributed by atoms with Gasteiger partial charge >= 0.3 is 6.09 Å². The fourth-order valence-electron chi connectivity index (χ4n) is 3.48. The van der Waals surface area contributed by atoms with E-state index in [1.165, 1.54) is 11.0 Å². The van der Waals surface area contributed by atoms with Gasteiger partial charge in [-0.15, -0.1) is 0 Å². The number of halogens is 2. The van der Waals surface area contributed by atoms with Gasteiger partial charge in [-0.1, -0.05) is 48.0 Å². The SMILES string of the molecule is CN(C(=O)CCc1cccc(F)c1Cl)[C@@H](CNCCO)COC(=O)Nc1cc2ccccc2cn1. The molecule has 2 amide bonds. The number of carbonyl (C=O) groups excluding carboxylic acids is 2. The maximum absolute atomic E-state index is 13.7. The van der Waals surface area contributed by atoms with Gasteiger partial charge < -0.3 is 20.1 Å². The average molecular weight is 503 g/mol. The van der Waals surface area contributed by atoms with Crippen LogP contribution in [0.2, 0.25) is 5.02 Å². The lowest BCUT2D eigenvalue weighted by Gasteiger charge is -2.28. The Kier molecular flexibility index (Phi) is 9.77. The molecule has 1 heterocycles. The maximum atomic E-state index is 13.7. The Bertz CT molecular complexity index is 1160. The van der Waals surface area contributed by atoms with E-state index < -0.39 is 18.0 Å². The number of fused-ring (bicyclic) bond motifs is 1. The van der Waals surface area contributed by atoms with Gasteiger partial charge in [0.25, 0.3) is 0 Å². The zero-order valence-electron chi connectivity index (χ0n) is 19.3. The summed E-state index contributed by atoms with van der Waals surface area (Å²) in [7, 11) is 1.60. The van der Waals surface area contributed by atoms with E-state index in [0.717, 1.165) is 10.8 Å². The molecule has 35 heavy (non-hydrogen) atoms. The van der Waals surface area contributed by atoms with Crippen molar-refractivity contribution in [3.8, 4) is 0 Å². The molecule has 0 saturated heterocycles. The third-order valence-corrected chi connectivity index (χ3v) is 5.94. The monoisotopic (exact) mass is 502 g/mol. The van der Waals surface area contributed by atoms with E-state index in [4.69, 9.17) is 21.4 Å². The Hall–Kier alpha value is -3.27. The second kappa shape index (κ2) is 13.0. The number of nitrogens with zero attached hydrogens (tertiary/aromatic N) is 2. The number of aliphatic hydroxyl groups is 1. The van der Waals surface area contributed by atoms with Crippen molar-refractivity contribution in [3.63, 3.8) is 0 Å². The summed E-state index contributed by atoms with van der Waals surface area (Å²) in [5.74, 6) is -0.405. The number of hydrogen-bond acceptors (Lipinski definition) is 6. The van der Waals surface area contributed by atoms with Crippen LogP contribution >= 0.6 is 11.6 Å². The molecule has 186 valence electrons. The minimum absolute atomic E-state index is 0.00594. The molecular weight excluding hydrogens is 475 g/mol. The predicted molar refractivity (Wildman–Crippen MR) is 133 cm³/mol. The zero-order chi connectivity index (χ0) is 25.2. The first kappa shape index (κ1) is 26.3. The number of anilines is 1. The second-order valence-electron chi connectivity index (χ2n) is 7.94. The quantitative estimate of drug-likeness (QED) is 0.346. The molecule has 8 nitrogen and oxygen atoms in total. The lowest BCUT2D eigenvalue weighted by molar-refractivity contribution is -0.132. The average Bonchev–Trinajstić information content (AvgIpc) is 2.86. The first-order chi connectivity index (χ1) is 16.9. The molecular formula is C25H28ClFN4O4. The van der Waals surface area contributed by atoms with Crippen LogP contribution in [-0.4, -0.2) is 66.4 Å². The summed E-state index contributed by atoms with van der Waals surface area (Å²) >= 11 is 5.98. The molecule has 2 aromatic carbocycles. The Labute approximate surface area is 208 Å². The maximum Gasteiger partial charge on any atom is 0.412 e. The number of aromatic nitrogens is 1. The molecule has 3 aromatic rings. The second-order valence-corrected chi connectivity index (χ2v) is 8.32. The number of pyridine rings is 1. The van der Waals surface area contributed by atoms with Gasteiger partial charge in [0.2, 0.25) is 5.91 Å². The zero-order valence-corrected chi connectivity index (χ0v) is 20.1. The molecule has 0 aliphatic carbocycles. The van der Waals surface area contributed by atoms with Crippen LogP contribution in [0.1, 0.15) is 12.0 Å². The van der Waals surface area contributed by atoms with E-state index in [1.54, 1.807) is 31.4 Å². The van der Waals surface area contributed by atoms with E-state index >= 15 is 0 Å². The Morgan fingerprint density at radius 1 is 1.20 bits per heavy atom. The standard InChI is InChI=1S/C25H28ClFN4O4/c1-31(23(33)10-9-17-7-4-8-21(27)24(17)26)20(15-28-11-12-32)16-35-25(34)30-22-13-18-5-2-3-6-19(18)14-29-22/h2-8,13-14,20,28,32H,9-12,15-16H2,1H3,(H,29,30,34)/t20-/m0/s1. The van der Waals surface area contributed by atoms with Crippen LogP contribution in [0, 0.1) is 5.82 Å². The molecule has 0 radical (unpaired) electrons. The number of aliphatic hydroxyl groups excluding tert-OH is 1. The highest BCUT2D eigenvalue weighted by molar-refractivity contribution is 6.31. The van der Waals surface area contributed by atoms with Crippen molar-refractivity contribution in [1.29, 1.82) is 0 Å². The van der Waals surface area contributed by atoms with Gasteiger partial charge in [0.1, 0.15) is 18.2 Å². The summed E-state index contributed by atoms with van der Waals surface area (Å²) in [5, 5.41) is 16.5. The van der Waals surface area contributed by atoms with Crippen molar-refractivity contribution >= 4 is 40.2 Å². The van der Waals surface area contributed by atoms with Crippen LogP contribution in [0.4, 0.5) is 15.0 Å². The van der Waals surface area contributed by atoms with Gasteiger partial charge in [-0.3, -0.25) is 10.1 Å². The lowest BCUT2D eigenvalue weighted by Crippen LogP contribution is -2.47. The van der Waals surface area contributed by atoms with Crippen molar-refractivity contribution in [2.45, 2.75) is 18.9 Å². The summed E-state index contributed by atoms with van der Waals surface area (Å²) in [6.07, 6.45) is 1.33. The van der Waals surface area contributed by atoms with Crippen molar-refractivity contribution in [2.75, 3.05) is 38.7 Å². The van der Waals surface area contributed by atoms with Gasteiger partial charge in [0.05, 0.1) is 17.7 Å². The number of nitrogens with one attached hydrogen (secondary N) is 2. The molecule has 10 heteroatoms. The number of carbonyl (C=O) groups is 2. The van der Waals surface area contributed by atoms with Crippen LogP contribution < -0.4 is 10.6 Å². The fourth-order valence-corrected chi connectivity index (χ4v) is 3.70. The highest BCUT2D eigenvalue weighted by Crippen LogP contribution is 2.21. The normalized spacial score (nSPS) is 11.8. The largest absolute Gasteiger partial charge is 0.447 e. The topological polar surface area (TPSA) is 104 Å². The lowest BCUT2D eigenvalue weighted by atomic mass is 10.1. The molecule has 0 unspecified atom stereocenters. The van der Waals surface area contributed by atoms with E-state index in [0.29, 0.717) is 24.5 Å². The molecule has 3 N–H and O–H groups in total. The molecule has 0 fully saturated rings. The van der Waals surface area contributed by atoms with E-state index in [9.17, 15) is 14.0 Å². The summed E-state index contributed by atoms with van der Waals surface area (Å²) in [6.45, 7) is 0.466. The third-order valence-electron chi connectivity index (χ3n) is 5.52. The molecule has 0 saturated carbocycles. The molecule has 1 atom stereocenters. The van der Waals surface area contributed by atoms with Crippen LogP contribution in [0.5, 0.6) is 0 Å². The number of amides is 2. The van der Waals surface area contributed by atoms with E-state index in [1.807, 2.05) is 24.3 Å². The highest BCUT2D eigenvalue weighted by Gasteiger charge is 2.22. The smallest absolute Gasteiger partial charge is 0.412 e. The number of likely N-dealkylation sites (N-methyl/N-ethyl adjacent to an activating group) is 1. The van der Waals surface area contributed by atoms with Crippen molar-refractivity contribution in [2.24, 2.45) is 0 Å². The van der Waals surface area contributed by atoms with Crippen molar-refractivity contribution in [1.82, 2.24) is 15.2 Å². The van der Waals surface area contributed by atoms with Gasteiger partial charge in [0.15, 0.2) is 0 Å². The fraction of sp³-hybridized carbons (Fsp3) is 0.320. The number of hydrogen-bond donors (Lipinski definition) is 3. The first-order valence-electron chi connectivity index (χ1n) is 11.2. The Balaban J connectivity index is 1.57. The molecule has 1 aromatic heterocycles. The number of aryl methyl sites for hydroxylation is 1. The minimum atomic E-state index is -0.702. The van der Waals surface area contributed by atoms with Gasteiger partial charge in [0, 0.05) is 38.1 Å². The van der Waals surface area contributed by atoms with Crippen LogP contribution in [0.15, 0.2) is 54.7 Å². The first-order valence-corrected chi connectivity index (χ1v) is 11.6. The molecule has 0 spiro atoms. The third kappa shape index (κ3) is 7.61.